The van der Waals surface area contributed by atoms with Crippen molar-refractivity contribution < 1.29 is 0 Å². The van der Waals surface area contributed by atoms with E-state index in [4.69, 9.17) is 5.84 Å². The lowest BCUT2D eigenvalue weighted by molar-refractivity contribution is 0.452. The summed E-state index contributed by atoms with van der Waals surface area (Å²) in [5, 5.41) is 2.48. The molecule has 2 heteroatoms. The molecule has 6 aromatic carbocycles. The van der Waals surface area contributed by atoms with Crippen molar-refractivity contribution >= 4 is 10.8 Å². The second kappa shape index (κ2) is 16.7. The van der Waals surface area contributed by atoms with E-state index in [9.17, 15) is 0 Å². The average molecular weight is 749 g/mol. The first kappa shape index (κ1) is 38.1. The molecule has 2 bridgehead atoms. The van der Waals surface area contributed by atoms with Gasteiger partial charge in [-0.1, -0.05) is 207 Å². The van der Waals surface area contributed by atoms with Gasteiger partial charge in [-0.25, -0.2) is 5.43 Å². The van der Waals surface area contributed by atoms with Gasteiger partial charge >= 0.3 is 0 Å². The summed E-state index contributed by atoms with van der Waals surface area (Å²) in [4.78, 5) is 0. The molecule has 0 amide bonds. The fourth-order valence-electron chi connectivity index (χ4n) is 8.53. The first-order valence-electron chi connectivity index (χ1n) is 19.9. The molecular weight excluding hydrogens is 701 g/mol. The van der Waals surface area contributed by atoms with Crippen molar-refractivity contribution in [3.8, 4) is 33.4 Å². The van der Waals surface area contributed by atoms with Crippen LogP contribution in [0.5, 0.6) is 0 Å². The highest BCUT2D eigenvalue weighted by atomic mass is 15.3. The van der Waals surface area contributed by atoms with E-state index in [1.165, 1.54) is 55.3 Å². The number of nitrogens with one attached hydrogen (secondary N) is 1. The number of hydrazine groups is 1. The zero-order chi connectivity index (χ0) is 40.0. The summed E-state index contributed by atoms with van der Waals surface area (Å²) in [6.45, 7) is 8.44. The van der Waals surface area contributed by atoms with Gasteiger partial charge in [0.1, 0.15) is 0 Å². The van der Waals surface area contributed by atoms with Crippen molar-refractivity contribution in [1.82, 2.24) is 5.43 Å². The molecule has 2 nitrogen and oxygen atoms in total. The summed E-state index contributed by atoms with van der Waals surface area (Å²) in [5.41, 5.74) is 16.2. The van der Waals surface area contributed by atoms with Crippen LogP contribution in [-0.2, 0) is 11.0 Å². The zero-order valence-corrected chi connectivity index (χ0v) is 33.1. The predicted octanol–water partition coefficient (Wildman–Crippen LogP) is 13.6. The normalized spacial score (nSPS) is 21.4. The van der Waals surface area contributed by atoms with Gasteiger partial charge in [-0.05, 0) is 116 Å². The quantitative estimate of drug-likeness (QED) is 0.0969. The number of hydrogen-bond acceptors (Lipinski definition) is 2. The van der Waals surface area contributed by atoms with Crippen LogP contribution in [0, 0.1) is 0 Å². The molecule has 0 saturated carbocycles. The molecule has 1 atom stereocenters. The SMILES string of the molecule is C=C(/C=C\C=C/C)C(C)(NN)c1cccc(-c2cccc(-c3cccc4c3-c3cc5ccccc5cc3C43C4=C\C=C/C=C\C3=C\C=C/C=C\4)c2)c1.c1ccccc1. The fourth-order valence-corrected chi connectivity index (χ4v) is 8.53. The number of hydrogen-bond donors (Lipinski definition) is 2. The number of fused-ring (bicyclic) bond motifs is 4. The predicted molar refractivity (Wildman–Crippen MR) is 248 cm³/mol. The van der Waals surface area contributed by atoms with Crippen LogP contribution in [0.25, 0.3) is 44.2 Å². The Morgan fingerprint density at radius 2 is 1.19 bits per heavy atom. The number of nitrogens with two attached hydrogens (primary N) is 1. The molecule has 1 spiro atoms. The molecule has 0 radical (unpaired) electrons. The third kappa shape index (κ3) is 6.94. The monoisotopic (exact) mass is 748 g/mol. The highest BCUT2D eigenvalue weighted by Crippen LogP contribution is 2.60. The van der Waals surface area contributed by atoms with E-state index < -0.39 is 11.0 Å². The topological polar surface area (TPSA) is 38.0 Å². The molecule has 58 heavy (non-hydrogen) atoms. The first-order chi connectivity index (χ1) is 28.5. The minimum absolute atomic E-state index is 0.484. The van der Waals surface area contributed by atoms with E-state index in [0.717, 1.165) is 22.3 Å². The Labute approximate surface area is 343 Å². The lowest BCUT2D eigenvalue weighted by atomic mass is 9.65. The Morgan fingerprint density at radius 3 is 1.84 bits per heavy atom. The standard InChI is InChI=1S/C50H42N2.C6H6/c1-4-5-8-18-35(2)49(3,52-51)43-28-16-22-37(32-43)36-21-15-23-40(31-36)44-29-17-30-46-48(44)45-33-38-19-13-14-20-39(38)34-47(45)50(46)41-24-9-6-10-25-42(50)27-12-7-11-26-41;1-2-4-6-5-3-1/h4-34,52H,2,51H2,1,3H3;1-6H/b5-4-,9-6-,10-6?,11-7?,12-7-,18-8-,24-9?,25-10-,26-11-,27-12?,41-24-,41-26?,42-25?,42-27-;. The molecule has 0 aromatic heterocycles. The van der Waals surface area contributed by atoms with E-state index in [0.29, 0.717) is 0 Å². The lowest BCUT2D eigenvalue weighted by Gasteiger charge is -2.36. The van der Waals surface area contributed by atoms with Crippen LogP contribution in [0.3, 0.4) is 0 Å². The highest BCUT2D eigenvalue weighted by Gasteiger charge is 2.48. The summed E-state index contributed by atoms with van der Waals surface area (Å²) >= 11 is 0. The molecule has 0 fully saturated rings. The zero-order valence-electron chi connectivity index (χ0n) is 33.1. The summed E-state index contributed by atoms with van der Waals surface area (Å²) in [6.07, 6.45) is 30.1. The number of allylic oxidation sites excluding steroid dienone is 15. The van der Waals surface area contributed by atoms with Crippen LogP contribution in [-0.4, -0.2) is 0 Å². The molecule has 282 valence electrons. The third-order valence-corrected chi connectivity index (χ3v) is 11.6. The van der Waals surface area contributed by atoms with Gasteiger partial charge in [-0.15, -0.1) is 0 Å². The summed E-state index contributed by atoms with van der Waals surface area (Å²) in [5.74, 6) is 6.20. The second-order valence-electron chi connectivity index (χ2n) is 15.0. The van der Waals surface area contributed by atoms with Crippen LogP contribution in [0.2, 0.25) is 0 Å². The van der Waals surface area contributed by atoms with Crippen molar-refractivity contribution in [2.75, 3.05) is 0 Å². The van der Waals surface area contributed by atoms with Gasteiger partial charge in [0.25, 0.3) is 0 Å². The Kier molecular flexibility index (Phi) is 11.0. The average Bonchev–Trinajstić information content (AvgIpc) is 3.55. The van der Waals surface area contributed by atoms with Crippen molar-refractivity contribution in [3.63, 3.8) is 0 Å². The molecule has 9 rings (SSSR count). The third-order valence-electron chi connectivity index (χ3n) is 11.6. The van der Waals surface area contributed by atoms with E-state index >= 15 is 0 Å². The van der Waals surface area contributed by atoms with Crippen molar-refractivity contribution in [1.29, 1.82) is 0 Å². The molecule has 1 unspecified atom stereocenters. The molecule has 3 aliphatic carbocycles. The highest BCUT2D eigenvalue weighted by molar-refractivity contribution is 6.01. The molecule has 3 N–H and O–H groups in total. The van der Waals surface area contributed by atoms with Crippen molar-refractivity contribution in [2.45, 2.75) is 24.8 Å². The van der Waals surface area contributed by atoms with Crippen LogP contribution in [0.1, 0.15) is 30.5 Å². The molecule has 6 aromatic rings. The van der Waals surface area contributed by atoms with Crippen LogP contribution < -0.4 is 11.3 Å². The van der Waals surface area contributed by atoms with Gasteiger partial charge in [0.15, 0.2) is 0 Å². The van der Waals surface area contributed by atoms with Crippen molar-refractivity contribution in [3.05, 3.63) is 265 Å². The summed E-state index contributed by atoms with van der Waals surface area (Å²) < 4.78 is 0. The maximum atomic E-state index is 6.20. The van der Waals surface area contributed by atoms with Gasteiger partial charge in [0, 0.05) is 0 Å². The van der Waals surface area contributed by atoms with Gasteiger partial charge in [0.05, 0.1) is 11.0 Å². The largest absolute Gasteiger partial charge is 0.270 e. The van der Waals surface area contributed by atoms with E-state index in [2.05, 4.69) is 183 Å². The fraction of sp³-hybridized carbons (Fsp3) is 0.0714. The van der Waals surface area contributed by atoms with Crippen LogP contribution >= 0.6 is 0 Å². The molecular formula is C56H48N2. The Balaban J connectivity index is 0.000000719. The first-order valence-corrected chi connectivity index (χ1v) is 19.9. The van der Waals surface area contributed by atoms with Crippen molar-refractivity contribution in [2.24, 2.45) is 5.84 Å². The number of benzene rings is 6. The van der Waals surface area contributed by atoms with Gasteiger partial charge < -0.3 is 0 Å². The Morgan fingerprint density at radius 1 is 0.586 bits per heavy atom. The van der Waals surface area contributed by atoms with Crippen LogP contribution in [0.15, 0.2) is 248 Å². The van der Waals surface area contributed by atoms with E-state index in [1.54, 1.807) is 0 Å². The molecule has 0 heterocycles. The molecule has 0 aliphatic heterocycles. The maximum absolute atomic E-state index is 6.20. The van der Waals surface area contributed by atoms with Gasteiger partial charge in [-0.3, -0.25) is 5.84 Å². The maximum Gasteiger partial charge on any atom is 0.0785 e. The van der Waals surface area contributed by atoms with Gasteiger partial charge in [0.2, 0.25) is 0 Å². The van der Waals surface area contributed by atoms with E-state index in [1.807, 2.05) is 67.6 Å². The molecule has 0 saturated heterocycles. The van der Waals surface area contributed by atoms with Gasteiger partial charge in [-0.2, -0.15) is 0 Å². The minimum atomic E-state index is -0.642. The Hall–Kier alpha value is -6.84. The minimum Gasteiger partial charge on any atom is -0.270 e. The smallest absolute Gasteiger partial charge is 0.0785 e. The number of rotatable bonds is 7. The van der Waals surface area contributed by atoms with Crippen LogP contribution in [0.4, 0.5) is 0 Å². The Bertz CT molecular complexity index is 2680. The summed E-state index contributed by atoms with van der Waals surface area (Å²) in [7, 11) is 0. The lowest BCUT2D eigenvalue weighted by Crippen LogP contribution is -2.45. The van der Waals surface area contributed by atoms with E-state index in [-0.39, 0.29) is 0 Å². The summed E-state index contributed by atoms with van der Waals surface area (Å²) in [6, 6.07) is 50.0. The molecule has 3 aliphatic rings. The second-order valence-corrected chi connectivity index (χ2v) is 15.0.